The van der Waals surface area contributed by atoms with E-state index in [1.165, 1.54) is 0 Å². The van der Waals surface area contributed by atoms with E-state index >= 15 is 0 Å². The molecule has 26 heavy (non-hydrogen) atoms. The summed E-state index contributed by atoms with van der Waals surface area (Å²) >= 11 is 5.89. The van der Waals surface area contributed by atoms with Crippen LogP contribution in [0.5, 0.6) is 0 Å². The third kappa shape index (κ3) is 2.80. The topological polar surface area (TPSA) is 71.4 Å². The Hall–Kier alpha value is -2.60. The van der Waals surface area contributed by atoms with Gasteiger partial charge in [0.05, 0.1) is 6.54 Å². The van der Waals surface area contributed by atoms with Crippen molar-refractivity contribution in [3.05, 3.63) is 57.9 Å². The molecule has 6 nitrogen and oxygen atoms in total. The number of nitrogens with one attached hydrogen (secondary N) is 1. The second-order valence-corrected chi connectivity index (χ2v) is 7.16. The Bertz CT molecular complexity index is 917. The lowest BCUT2D eigenvalue weighted by Crippen LogP contribution is -2.41. The number of halogens is 1. The van der Waals surface area contributed by atoms with Crippen LogP contribution < -0.4 is 5.32 Å². The van der Waals surface area contributed by atoms with Gasteiger partial charge in [0, 0.05) is 29.0 Å². The number of hydrogen-bond donors (Lipinski definition) is 1. The molecule has 1 aromatic carbocycles. The minimum absolute atomic E-state index is 0.268. The molecule has 1 N–H and O–H groups in total. The van der Waals surface area contributed by atoms with Crippen LogP contribution >= 0.6 is 11.6 Å². The van der Waals surface area contributed by atoms with Crippen LogP contribution in [0.3, 0.4) is 0 Å². The van der Waals surface area contributed by atoms with Gasteiger partial charge in [-0.3, -0.25) is 14.5 Å². The van der Waals surface area contributed by atoms with E-state index in [0.29, 0.717) is 16.1 Å². The van der Waals surface area contributed by atoms with E-state index in [9.17, 15) is 14.4 Å². The molecule has 0 saturated carbocycles. The van der Waals surface area contributed by atoms with Crippen LogP contribution in [0.4, 0.5) is 4.79 Å². The summed E-state index contributed by atoms with van der Waals surface area (Å²) in [4.78, 5) is 38.9. The number of urea groups is 1. The van der Waals surface area contributed by atoms with Crippen LogP contribution in [0.2, 0.25) is 5.02 Å². The number of aromatic nitrogens is 1. The zero-order chi connectivity index (χ0) is 19.2. The first kappa shape index (κ1) is 18.2. The molecular weight excluding hydrogens is 354 g/mol. The van der Waals surface area contributed by atoms with Gasteiger partial charge in [0.25, 0.3) is 5.91 Å². The van der Waals surface area contributed by atoms with E-state index in [-0.39, 0.29) is 12.3 Å². The third-order valence-electron chi connectivity index (χ3n) is 5.07. The molecule has 1 aliphatic rings. The molecule has 7 heteroatoms. The van der Waals surface area contributed by atoms with Crippen molar-refractivity contribution in [3.63, 3.8) is 0 Å². The Morgan fingerprint density at radius 1 is 1.19 bits per heavy atom. The second kappa shape index (κ2) is 6.29. The SMILES string of the molecule is Cc1cc(C(=O)CN2C(=O)N[C@](C)(c3ccc(Cl)cc3)C2=O)c(C)n1C. The molecule has 1 aromatic heterocycles. The Morgan fingerprint density at radius 3 is 2.35 bits per heavy atom. The van der Waals surface area contributed by atoms with Crippen molar-refractivity contribution in [3.8, 4) is 0 Å². The van der Waals surface area contributed by atoms with E-state index < -0.39 is 17.5 Å². The predicted octanol–water partition coefficient (Wildman–Crippen LogP) is 2.95. The van der Waals surface area contributed by atoms with E-state index in [0.717, 1.165) is 16.3 Å². The second-order valence-electron chi connectivity index (χ2n) is 6.72. The van der Waals surface area contributed by atoms with Crippen molar-refractivity contribution in [2.24, 2.45) is 7.05 Å². The van der Waals surface area contributed by atoms with Crippen LogP contribution in [-0.2, 0) is 17.4 Å². The number of hydrogen-bond acceptors (Lipinski definition) is 3. The average Bonchev–Trinajstić information content (AvgIpc) is 2.98. The number of benzene rings is 1. The van der Waals surface area contributed by atoms with Gasteiger partial charge in [-0.25, -0.2) is 4.79 Å². The van der Waals surface area contributed by atoms with Crippen LogP contribution in [0.25, 0.3) is 0 Å². The van der Waals surface area contributed by atoms with Crippen LogP contribution in [-0.4, -0.2) is 33.7 Å². The van der Waals surface area contributed by atoms with E-state index in [1.807, 2.05) is 25.5 Å². The number of aryl methyl sites for hydroxylation is 1. The van der Waals surface area contributed by atoms with Crippen LogP contribution in [0.1, 0.15) is 34.2 Å². The summed E-state index contributed by atoms with van der Waals surface area (Å²) in [5.74, 6) is -0.724. The average molecular weight is 374 g/mol. The minimum Gasteiger partial charge on any atom is -0.351 e. The van der Waals surface area contributed by atoms with Crippen molar-refractivity contribution in [1.29, 1.82) is 0 Å². The van der Waals surface area contributed by atoms with E-state index in [2.05, 4.69) is 5.32 Å². The summed E-state index contributed by atoms with van der Waals surface area (Å²) in [7, 11) is 1.87. The maximum atomic E-state index is 12.9. The normalized spacial score (nSPS) is 19.8. The summed E-state index contributed by atoms with van der Waals surface area (Å²) in [5, 5.41) is 3.23. The first-order valence-corrected chi connectivity index (χ1v) is 8.59. The van der Waals surface area contributed by atoms with Gasteiger partial charge in [0.2, 0.25) is 0 Å². The van der Waals surface area contributed by atoms with Crippen molar-refractivity contribution in [1.82, 2.24) is 14.8 Å². The Kier molecular flexibility index (Phi) is 4.40. The number of carbonyl (C=O) groups is 3. The molecule has 2 heterocycles. The fourth-order valence-corrected chi connectivity index (χ4v) is 3.31. The molecule has 3 rings (SSSR count). The highest BCUT2D eigenvalue weighted by molar-refractivity contribution is 6.30. The molecule has 0 radical (unpaired) electrons. The predicted molar refractivity (Wildman–Crippen MR) is 98.3 cm³/mol. The van der Waals surface area contributed by atoms with Crippen molar-refractivity contribution in [2.45, 2.75) is 26.3 Å². The van der Waals surface area contributed by atoms with Crippen LogP contribution in [0, 0.1) is 13.8 Å². The standard InChI is InChI=1S/C19H20ClN3O3/c1-11-9-15(12(2)22(11)4)16(24)10-23-17(25)19(3,21-18(23)26)13-5-7-14(20)8-6-13/h5-9H,10H2,1-4H3,(H,21,26)/t19-/m1/s1. The van der Waals surface area contributed by atoms with Crippen molar-refractivity contribution >= 4 is 29.3 Å². The van der Waals surface area contributed by atoms with Gasteiger partial charge < -0.3 is 9.88 Å². The minimum atomic E-state index is -1.22. The number of ketones is 1. The molecule has 1 aliphatic heterocycles. The number of nitrogens with zero attached hydrogens (tertiary/aromatic N) is 2. The molecule has 3 amide bonds. The summed E-state index contributed by atoms with van der Waals surface area (Å²) in [6.45, 7) is 5.07. The van der Waals surface area contributed by atoms with Gasteiger partial charge in [-0.05, 0) is 44.5 Å². The maximum Gasteiger partial charge on any atom is 0.325 e. The van der Waals surface area contributed by atoms with Gasteiger partial charge >= 0.3 is 6.03 Å². The smallest absolute Gasteiger partial charge is 0.325 e. The third-order valence-corrected chi connectivity index (χ3v) is 5.33. The first-order valence-electron chi connectivity index (χ1n) is 8.21. The quantitative estimate of drug-likeness (QED) is 0.661. The number of imide groups is 1. The first-order chi connectivity index (χ1) is 12.1. The lowest BCUT2D eigenvalue weighted by atomic mass is 9.92. The largest absolute Gasteiger partial charge is 0.351 e. The van der Waals surface area contributed by atoms with Gasteiger partial charge in [-0.2, -0.15) is 0 Å². The number of Topliss-reactive ketones (excluding diaryl/α,β-unsaturated/α-hetero) is 1. The molecule has 1 atom stereocenters. The highest BCUT2D eigenvalue weighted by atomic mass is 35.5. The highest BCUT2D eigenvalue weighted by Gasteiger charge is 2.49. The Balaban J connectivity index is 1.86. The zero-order valence-electron chi connectivity index (χ0n) is 15.1. The monoisotopic (exact) mass is 373 g/mol. The Morgan fingerprint density at radius 2 is 1.81 bits per heavy atom. The van der Waals surface area contributed by atoms with Gasteiger partial charge in [0.15, 0.2) is 5.78 Å². The van der Waals surface area contributed by atoms with Crippen LogP contribution in [0.15, 0.2) is 30.3 Å². The van der Waals surface area contributed by atoms with E-state index in [1.54, 1.807) is 37.3 Å². The molecular formula is C19H20ClN3O3. The highest BCUT2D eigenvalue weighted by Crippen LogP contribution is 2.30. The number of rotatable bonds is 4. The fraction of sp³-hybridized carbons (Fsp3) is 0.316. The fourth-order valence-electron chi connectivity index (χ4n) is 3.19. The zero-order valence-corrected chi connectivity index (χ0v) is 15.8. The molecule has 2 aromatic rings. The summed E-state index contributed by atoms with van der Waals surface area (Å²) < 4.78 is 1.90. The summed E-state index contributed by atoms with van der Waals surface area (Å²) in [6.07, 6.45) is 0. The van der Waals surface area contributed by atoms with Crippen molar-refractivity contribution < 1.29 is 14.4 Å². The van der Waals surface area contributed by atoms with Gasteiger partial charge in [-0.1, -0.05) is 23.7 Å². The van der Waals surface area contributed by atoms with E-state index in [4.69, 9.17) is 11.6 Å². The molecule has 136 valence electrons. The van der Waals surface area contributed by atoms with Gasteiger partial charge in [-0.15, -0.1) is 0 Å². The molecule has 0 bridgehead atoms. The molecule has 0 aliphatic carbocycles. The Labute approximate surface area is 156 Å². The molecule has 1 saturated heterocycles. The molecule has 0 unspecified atom stereocenters. The molecule has 1 fully saturated rings. The summed E-state index contributed by atoms with van der Waals surface area (Å²) in [5.41, 5.74) is 1.66. The number of amides is 3. The number of carbonyl (C=O) groups excluding carboxylic acids is 3. The van der Waals surface area contributed by atoms with Crippen molar-refractivity contribution in [2.75, 3.05) is 6.54 Å². The lowest BCUT2D eigenvalue weighted by Gasteiger charge is -2.22. The van der Waals surface area contributed by atoms with Gasteiger partial charge in [0.1, 0.15) is 5.54 Å². The summed E-state index contributed by atoms with van der Waals surface area (Å²) in [6, 6.07) is 7.89. The maximum absolute atomic E-state index is 12.9. The lowest BCUT2D eigenvalue weighted by molar-refractivity contribution is -0.130. The molecule has 0 spiro atoms.